The van der Waals surface area contributed by atoms with E-state index in [1.54, 1.807) is 6.92 Å². The topological polar surface area (TPSA) is 71.2 Å². The number of halogens is 1. The second-order valence-electron chi connectivity index (χ2n) is 6.07. The van der Waals surface area contributed by atoms with Crippen molar-refractivity contribution in [3.63, 3.8) is 0 Å². The summed E-state index contributed by atoms with van der Waals surface area (Å²) in [4.78, 5) is 18.8. The van der Waals surface area contributed by atoms with Gasteiger partial charge in [-0.05, 0) is 43.9 Å². The van der Waals surface area contributed by atoms with Crippen molar-refractivity contribution in [3.05, 3.63) is 23.9 Å². The normalized spacial score (nSPS) is 16.8. The zero-order valence-corrected chi connectivity index (χ0v) is 14.3. The van der Waals surface area contributed by atoms with Crippen LogP contribution in [0, 0.1) is 0 Å². The van der Waals surface area contributed by atoms with E-state index in [2.05, 4.69) is 21.3 Å². The molecule has 1 saturated heterocycles. The Kier molecular flexibility index (Phi) is 7.10. The van der Waals surface area contributed by atoms with Crippen LogP contribution in [0.4, 0.5) is 5.82 Å². The number of amides is 1. The lowest BCUT2D eigenvalue weighted by atomic mass is 9.96. The van der Waals surface area contributed by atoms with Crippen molar-refractivity contribution < 1.29 is 4.79 Å². The number of carbonyl (C=O) groups excluding carboxylic acids is 1. The first-order chi connectivity index (χ1) is 10.0. The molecule has 1 aliphatic rings. The number of nitrogens with one attached hydrogen (secondary N) is 1. The molecule has 1 unspecified atom stereocenters. The van der Waals surface area contributed by atoms with Gasteiger partial charge in [0.1, 0.15) is 5.82 Å². The third-order valence-corrected chi connectivity index (χ3v) is 3.98. The molecule has 6 heteroatoms. The largest absolute Gasteiger partial charge is 0.357 e. The number of hydrogen-bond acceptors (Lipinski definition) is 4. The van der Waals surface area contributed by atoms with E-state index in [-0.39, 0.29) is 18.3 Å². The van der Waals surface area contributed by atoms with Gasteiger partial charge in [-0.1, -0.05) is 13.3 Å². The molecule has 1 aliphatic heterocycles. The number of anilines is 1. The van der Waals surface area contributed by atoms with E-state index in [9.17, 15) is 4.79 Å². The van der Waals surface area contributed by atoms with Crippen LogP contribution < -0.4 is 16.0 Å². The van der Waals surface area contributed by atoms with E-state index >= 15 is 0 Å². The Morgan fingerprint density at radius 3 is 2.77 bits per heavy atom. The number of nitrogens with zero attached hydrogens (tertiary/aromatic N) is 2. The summed E-state index contributed by atoms with van der Waals surface area (Å²) < 4.78 is 0. The number of nitrogens with two attached hydrogens (primary N) is 1. The summed E-state index contributed by atoms with van der Waals surface area (Å²) in [6.07, 6.45) is 5.85. The zero-order valence-electron chi connectivity index (χ0n) is 13.5. The van der Waals surface area contributed by atoms with Gasteiger partial charge in [-0.2, -0.15) is 0 Å². The lowest BCUT2D eigenvalue weighted by Crippen LogP contribution is -2.51. The molecule has 124 valence electrons. The Hall–Kier alpha value is -1.33. The number of pyridine rings is 1. The predicted octanol–water partition coefficient (Wildman–Crippen LogP) is 2.24. The van der Waals surface area contributed by atoms with Crippen LogP contribution in [-0.4, -0.2) is 29.5 Å². The zero-order chi connectivity index (χ0) is 15.3. The second kappa shape index (κ2) is 8.34. The average molecular weight is 327 g/mol. The summed E-state index contributed by atoms with van der Waals surface area (Å²) in [5, 5.41) is 2.93. The second-order valence-corrected chi connectivity index (χ2v) is 6.07. The van der Waals surface area contributed by atoms with Crippen LogP contribution in [-0.2, 0) is 11.3 Å². The predicted molar refractivity (Wildman–Crippen MR) is 92.3 cm³/mol. The molecule has 22 heavy (non-hydrogen) atoms. The molecule has 0 saturated carbocycles. The Balaban J connectivity index is 0.00000242. The Bertz CT molecular complexity index is 487. The fourth-order valence-corrected chi connectivity index (χ4v) is 2.71. The molecule has 0 radical (unpaired) electrons. The van der Waals surface area contributed by atoms with Crippen molar-refractivity contribution >= 4 is 24.1 Å². The minimum Gasteiger partial charge on any atom is -0.357 e. The molecule has 3 N–H and O–H groups in total. The first kappa shape index (κ1) is 18.7. The highest BCUT2D eigenvalue weighted by Gasteiger charge is 2.26. The molecule has 1 atom stereocenters. The monoisotopic (exact) mass is 326 g/mol. The third-order valence-electron chi connectivity index (χ3n) is 3.98. The highest BCUT2D eigenvalue weighted by molar-refractivity contribution is 5.85. The molecular weight excluding hydrogens is 300 g/mol. The van der Waals surface area contributed by atoms with Gasteiger partial charge in [-0.15, -0.1) is 12.4 Å². The van der Waals surface area contributed by atoms with E-state index < -0.39 is 5.54 Å². The maximum atomic E-state index is 12.1. The molecule has 0 aromatic carbocycles. The van der Waals surface area contributed by atoms with Gasteiger partial charge in [-0.25, -0.2) is 4.98 Å². The van der Waals surface area contributed by atoms with Crippen LogP contribution in [0.5, 0.6) is 0 Å². The van der Waals surface area contributed by atoms with E-state index in [1.165, 1.54) is 12.8 Å². The van der Waals surface area contributed by atoms with Crippen LogP contribution in [0.3, 0.4) is 0 Å². The minimum atomic E-state index is -0.792. The maximum Gasteiger partial charge on any atom is 0.240 e. The van der Waals surface area contributed by atoms with Gasteiger partial charge in [-0.3, -0.25) is 4.79 Å². The van der Waals surface area contributed by atoms with Gasteiger partial charge >= 0.3 is 0 Å². The molecule has 1 fully saturated rings. The van der Waals surface area contributed by atoms with Crippen LogP contribution in [0.1, 0.15) is 45.1 Å². The first-order valence-corrected chi connectivity index (χ1v) is 7.80. The molecule has 0 spiro atoms. The van der Waals surface area contributed by atoms with E-state index in [4.69, 9.17) is 5.73 Å². The molecule has 2 heterocycles. The van der Waals surface area contributed by atoms with E-state index in [0.29, 0.717) is 13.0 Å². The van der Waals surface area contributed by atoms with Crippen molar-refractivity contribution in [2.75, 3.05) is 18.0 Å². The van der Waals surface area contributed by atoms with Gasteiger partial charge in [0.25, 0.3) is 0 Å². The molecular formula is C16H27ClN4O. The minimum absolute atomic E-state index is 0. The molecule has 1 aromatic heterocycles. The van der Waals surface area contributed by atoms with Crippen molar-refractivity contribution in [1.82, 2.24) is 10.3 Å². The Morgan fingerprint density at radius 1 is 1.45 bits per heavy atom. The van der Waals surface area contributed by atoms with Gasteiger partial charge in [0.05, 0.1) is 5.54 Å². The van der Waals surface area contributed by atoms with Gasteiger partial charge in [0, 0.05) is 25.8 Å². The fraction of sp³-hybridized carbons (Fsp3) is 0.625. The lowest BCUT2D eigenvalue weighted by molar-refractivity contribution is -0.126. The number of carbonyl (C=O) groups is 1. The van der Waals surface area contributed by atoms with Crippen molar-refractivity contribution in [2.45, 2.75) is 51.6 Å². The molecule has 5 nitrogen and oxygen atoms in total. The molecule has 1 amide bonds. The average Bonchev–Trinajstić information content (AvgIpc) is 2.99. The number of hydrogen-bond donors (Lipinski definition) is 2. The summed E-state index contributed by atoms with van der Waals surface area (Å²) in [6, 6.07) is 3.99. The highest BCUT2D eigenvalue weighted by Crippen LogP contribution is 2.18. The summed E-state index contributed by atoms with van der Waals surface area (Å²) in [6.45, 7) is 6.46. The SMILES string of the molecule is CCCC(C)(N)C(=O)NCc1ccnc(N2CCCC2)c1.Cl. The standard InChI is InChI=1S/C16H26N4O.ClH/c1-3-7-16(2,17)15(21)19-12-13-6-8-18-14(11-13)20-9-4-5-10-20;/h6,8,11H,3-5,7,9-10,12,17H2,1-2H3,(H,19,21);1H. The van der Waals surface area contributed by atoms with Crippen LogP contribution in [0.2, 0.25) is 0 Å². The van der Waals surface area contributed by atoms with Crippen molar-refractivity contribution in [1.29, 1.82) is 0 Å². The smallest absolute Gasteiger partial charge is 0.240 e. The van der Waals surface area contributed by atoms with Gasteiger partial charge in [0.15, 0.2) is 0 Å². The molecule has 2 rings (SSSR count). The molecule has 1 aromatic rings. The quantitative estimate of drug-likeness (QED) is 0.841. The van der Waals surface area contributed by atoms with Crippen LogP contribution >= 0.6 is 12.4 Å². The third kappa shape index (κ3) is 4.85. The summed E-state index contributed by atoms with van der Waals surface area (Å²) in [5.41, 5.74) is 6.30. The fourth-order valence-electron chi connectivity index (χ4n) is 2.71. The van der Waals surface area contributed by atoms with Gasteiger partial charge in [0.2, 0.25) is 5.91 Å². The Labute approximate surface area is 139 Å². The van der Waals surface area contributed by atoms with E-state index in [0.717, 1.165) is 30.9 Å². The van der Waals surface area contributed by atoms with Crippen molar-refractivity contribution in [2.24, 2.45) is 5.73 Å². The number of rotatable bonds is 6. The lowest BCUT2D eigenvalue weighted by Gasteiger charge is -2.23. The van der Waals surface area contributed by atoms with Crippen LogP contribution in [0.15, 0.2) is 18.3 Å². The Morgan fingerprint density at radius 2 is 2.14 bits per heavy atom. The summed E-state index contributed by atoms with van der Waals surface area (Å²) in [5.74, 6) is 0.909. The van der Waals surface area contributed by atoms with E-state index in [1.807, 2.05) is 19.2 Å². The first-order valence-electron chi connectivity index (χ1n) is 7.80. The molecule has 0 bridgehead atoms. The summed E-state index contributed by atoms with van der Waals surface area (Å²) >= 11 is 0. The molecule has 0 aliphatic carbocycles. The highest BCUT2D eigenvalue weighted by atomic mass is 35.5. The van der Waals surface area contributed by atoms with Crippen LogP contribution in [0.25, 0.3) is 0 Å². The van der Waals surface area contributed by atoms with Gasteiger partial charge < -0.3 is 16.0 Å². The maximum absolute atomic E-state index is 12.1. The summed E-state index contributed by atoms with van der Waals surface area (Å²) in [7, 11) is 0. The van der Waals surface area contributed by atoms with Crippen molar-refractivity contribution in [3.8, 4) is 0 Å². The number of aromatic nitrogens is 1.